The maximum absolute atomic E-state index is 10.9. The third kappa shape index (κ3) is 6.15. The molecular weight excluding hydrogens is 194 g/mol. The second-order valence-corrected chi connectivity index (χ2v) is 3.24. The smallest absolute Gasteiger partial charge is 0.343 e. The summed E-state index contributed by atoms with van der Waals surface area (Å²) in [5.41, 5.74) is 0. The lowest BCUT2D eigenvalue weighted by Gasteiger charge is -2.02. The number of esters is 1. The summed E-state index contributed by atoms with van der Waals surface area (Å²) < 4.78 is 4.63. The first-order chi connectivity index (χ1) is 6.07. The number of carbonyl (C=O) groups excluding carboxylic acids is 1. The third-order valence-corrected chi connectivity index (χ3v) is 1.96. The van der Waals surface area contributed by atoms with E-state index in [4.69, 9.17) is 0 Å². The van der Waals surface area contributed by atoms with Gasteiger partial charge in [0.15, 0.2) is 0 Å². The Labute approximate surface area is 80.3 Å². The van der Waals surface area contributed by atoms with Gasteiger partial charge in [-0.1, -0.05) is 6.58 Å². The highest BCUT2D eigenvalue weighted by atomic mass is 32.2. The molecule has 0 saturated heterocycles. The summed E-state index contributed by atoms with van der Waals surface area (Å²) in [6.07, 6.45) is 0. The van der Waals surface area contributed by atoms with E-state index in [2.05, 4.69) is 11.3 Å². The monoisotopic (exact) mass is 205 g/mol. The molecule has 0 N–H and O–H groups in total. The van der Waals surface area contributed by atoms with Gasteiger partial charge in [-0.05, 0) is 6.92 Å². The van der Waals surface area contributed by atoms with Crippen molar-refractivity contribution in [2.24, 2.45) is 0 Å². The van der Waals surface area contributed by atoms with Crippen molar-refractivity contribution in [2.75, 3.05) is 18.9 Å². The molecule has 0 saturated carbocycles. The van der Waals surface area contributed by atoms with Gasteiger partial charge >= 0.3 is 5.97 Å². The molecule has 0 fully saturated rings. The molecule has 13 heavy (non-hydrogen) atoms. The molecule has 5 nitrogen and oxygen atoms in total. The summed E-state index contributed by atoms with van der Waals surface area (Å²) in [4.78, 5) is 20.6. The minimum Gasteiger partial charge on any atom is -0.462 e. The van der Waals surface area contributed by atoms with Gasteiger partial charge in [-0.25, -0.2) is 4.79 Å². The van der Waals surface area contributed by atoms with Crippen LogP contribution in [0, 0.1) is 10.1 Å². The number of hydrogen-bond acceptors (Lipinski definition) is 5. The Bertz CT molecular complexity index is 217. The van der Waals surface area contributed by atoms with Crippen molar-refractivity contribution in [2.45, 2.75) is 6.92 Å². The van der Waals surface area contributed by atoms with Gasteiger partial charge in [0.25, 0.3) is 0 Å². The molecular formula is C7H11NO4S. The zero-order valence-electron chi connectivity index (χ0n) is 7.32. The van der Waals surface area contributed by atoms with Crippen LogP contribution < -0.4 is 0 Å². The van der Waals surface area contributed by atoms with Crippen LogP contribution in [-0.4, -0.2) is 29.8 Å². The summed E-state index contributed by atoms with van der Waals surface area (Å²) in [6.45, 7) is 5.23. The molecule has 0 rings (SSSR count). The van der Waals surface area contributed by atoms with E-state index in [1.54, 1.807) is 6.92 Å². The highest BCUT2D eigenvalue weighted by Crippen LogP contribution is 2.14. The quantitative estimate of drug-likeness (QED) is 0.281. The zero-order valence-corrected chi connectivity index (χ0v) is 8.13. The van der Waals surface area contributed by atoms with E-state index in [0.717, 1.165) is 11.8 Å². The van der Waals surface area contributed by atoms with Crippen molar-refractivity contribution in [3.05, 3.63) is 21.6 Å². The lowest BCUT2D eigenvalue weighted by Crippen LogP contribution is -2.08. The second-order valence-electron chi connectivity index (χ2n) is 2.05. The first-order valence-corrected chi connectivity index (χ1v) is 4.67. The molecule has 0 amide bonds. The Morgan fingerprint density at radius 3 is 2.77 bits per heavy atom. The maximum Gasteiger partial charge on any atom is 0.343 e. The molecule has 0 heterocycles. The Morgan fingerprint density at radius 2 is 2.31 bits per heavy atom. The normalized spacial score (nSPS) is 9.31. The van der Waals surface area contributed by atoms with Crippen molar-refractivity contribution in [1.29, 1.82) is 0 Å². The number of carbonyl (C=O) groups is 1. The van der Waals surface area contributed by atoms with Gasteiger partial charge in [-0.2, -0.15) is 0 Å². The predicted molar refractivity (Wildman–Crippen MR) is 50.1 cm³/mol. The molecule has 0 aliphatic carbocycles. The highest BCUT2D eigenvalue weighted by Gasteiger charge is 2.09. The second kappa shape index (κ2) is 6.47. The number of rotatable bonds is 6. The number of thioether (sulfide) groups is 1. The van der Waals surface area contributed by atoms with E-state index in [-0.39, 0.29) is 23.8 Å². The van der Waals surface area contributed by atoms with E-state index in [0.29, 0.717) is 0 Å². The van der Waals surface area contributed by atoms with Crippen molar-refractivity contribution in [3.8, 4) is 0 Å². The average Bonchev–Trinajstić information content (AvgIpc) is 2.04. The van der Waals surface area contributed by atoms with Gasteiger partial charge in [-0.3, -0.25) is 10.1 Å². The number of ether oxygens (including phenoxy) is 1. The van der Waals surface area contributed by atoms with Gasteiger partial charge in [0.2, 0.25) is 6.54 Å². The maximum atomic E-state index is 10.9. The minimum atomic E-state index is -0.504. The van der Waals surface area contributed by atoms with E-state index in [1.807, 2.05) is 0 Å². The molecule has 0 aromatic heterocycles. The summed E-state index contributed by atoms with van der Waals surface area (Å²) in [5, 5.41) is 9.92. The molecule has 0 atom stereocenters. The van der Waals surface area contributed by atoms with Gasteiger partial charge in [-0.15, -0.1) is 11.8 Å². The van der Waals surface area contributed by atoms with E-state index in [1.165, 1.54) is 0 Å². The van der Waals surface area contributed by atoms with Crippen LogP contribution in [0.15, 0.2) is 11.5 Å². The van der Waals surface area contributed by atoms with Crippen LogP contribution in [0.1, 0.15) is 6.92 Å². The van der Waals surface area contributed by atoms with Crippen LogP contribution in [0.4, 0.5) is 0 Å². The molecule has 0 bridgehead atoms. The summed E-state index contributed by atoms with van der Waals surface area (Å²) >= 11 is 1.04. The van der Waals surface area contributed by atoms with Crippen molar-refractivity contribution in [1.82, 2.24) is 0 Å². The SMILES string of the molecule is C=C(SCC[N+](=O)[O-])C(=O)OCC. The molecule has 0 aliphatic rings. The molecule has 0 aromatic rings. The molecule has 6 heteroatoms. The topological polar surface area (TPSA) is 69.4 Å². The largest absolute Gasteiger partial charge is 0.462 e. The predicted octanol–water partition coefficient (Wildman–Crippen LogP) is 1.07. The van der Waals surface area contributed by atoms with Crippen molar-refractivity contribution < 1.29 is 14.5 Å². The van der Waals surface area contributed by atoms with Crippen LogP contribution in [0.3, 0.4) is 0 Å². The third-order valence-electron chi connectivity index (χ3n) is 1.05. The summed E-state index contributed by atoms with van der Waals surface area (Å²) in [6, 6.07) is 0. The van der Waals surface area contributed by atoms with Gasteiger partial charge in [0, 0.05) is 4.92 Å². The highest BCUT2D eigenvalue weighted by molar-refractivity contribution is 8.03. The Balaban J connectivity index is 3.62. The Hall–Kier alpha value is -1.04. The van der Waals surface area contributed by atoms with Gasteiger partial charge in [0.05, 0.1) is 17.3 Å². The van der Waals surface area contributed by atoms with E-state index < -0.39 is 10.9 Å². The number of nitro groups is 1. The molecule has 0 radical (unpaired) electrons. The lowest BCUT2D eigenvalue weighted by molar-refractivity contribution is -0.474. The minimum absolute atomic E-state index is 0.177. The fraction of sp³-hybridized carbons (Fsp3) is 0.571. The van der Waals surface area contributed by atoms with Gasteiger partial charge < -0.3 is 4.74 Å². The Kier molecular flexibility index (Phi) is 5.96. The van der Waals surface area contributed by atoms with Crippen LogP contribution >= 0.6 is 11.8 Å². The lowest BCUT2D eigenvalue weighted by atomic mass is 10.6. The fourth-order valence-electron chi connectivity index (χ4n) is 0.514. The molecule has 0 aliphatic heterocycles. The van der Waals surface area contributed by atoms with Crippen LogP contribution in [0.2, 0.25) is 0 Å². The number of hydrogen-bond donors (Lipinski definition) is 0. The van der Waals surface area contributed by atoms with Crippen molar-refractivity contribution >= 4 is 17.7 Å². The number of nitrogens with zero attached hydrogens (tertiary/aromatic N) is 1. The first kappa shape index (κ1) is 12.0. The molecule has 0 spiro atoms. The summed E-state index contributed by atoms with van der Waals surface area (Å²) in [5.74, 6) is -0.263. The van der Waals surface area contributed by atoms with E-state index >= 15 is 0 Å². The van der Waals surface area contributed by atoms with Crippen molar-refractivity contribution in [3.63, 3.8) is 0 Å². The van der Waals surface area contributed by atoms with Crippen LogP contribution in [0.25, 0.3) is 0 Å². The first-order valence-electron chi connectivity index (χ1n) is 3.68. The van der Waals surface area contributed by atoms with E-state index in [9.17, 15) is 14.9 Å². The van der Waals surface area contributed by atoms with Gasteiger partial charge in [0.1, 0.15) is 0 Å². The zero-order chi connectivity index (χ0) is 10.3. The molecule has 74 valence electrons. The molecule has 0 unspecified atom stereocenters. The summed E-state index contributed by atoms with van der Waals surface area (Å²) in [7, 11) is 0. The van der Waals surface area contributed by atoms with Crippen LogP contribution in [-0.2, 0) is 9.53 Å². The van der Waals surface area contributed by atoms with Crippen LogP contribution in [0.5, 0.6) is 0 Å². The fourth-order valence-corrected chi connectivity index (χ4v) is 1.18. The Morgan fingerprint density at radius 1 is 1.69 bits per heavy atom. The standard InChI is InChI=1S/C7H11NO4S/c1-3-12-7(9)6(2)13-5-4-8(10)11/h2-5H2,1H3. The molecule has 0 aromatic carbocycles. The average molecular weight is 205 g/mol.